The summed E-state index contributed by atoms with van der Waals surface area (Å²) < 4.78 is 0. The molecule has 4 heterocycles. The van der Waals surface area contributed by atoms with Crippen LogP contribution in [0, 0.1) is 11.8 Å². The molecule has 3 saturated heterocycles. The number of aromatic amines is 1. The maximum Gasteiger partial charge on any atom is 0.246 e. The van der Waals surface area contributed by atoms with Gasteiger partial charge in [0.05, 0.1) is 18.9 Å². The van der Waals surface area contributed by atoms with Crippen LogP contribution in [-0.2, 0) is 110 Å². The summed E-state index contributed by atoms with van der Waals surface area (Å²) in [5, 5.41) is 57.5. The van der Waals surface area contributed by atoms with Crippen molar-refractivity contribution in [1.29, 1.82) is 0 Å². The molecule has 0 radical (unpaired) electrons. The van der Waals surface area contributed by atoms with Gasteiger partial charge in [0, 0.05) is 95.6 Å². The number of aromatic nitrogens is 1. The maximum absolute atomic E-state index is 15.9. The van der Waals surface area contributed by atoms with Gasteiger partial charge in [-0.05, 0) is 120 Å². The summed E-state index contributed by atoms with van der Waals surface area (Å²) >= 11 is 0.853. The van der Waals surface area contributed by atoms with Crippen LogP contribution in [0.1, 0.15) is 126 Å². The second-order valence-electron chi connectivity index (χ2n) is 34.9. The standard InChI is InChI=1S/C97H124N16O18S/c1-9-10-33-79-96(130)113-45-24-35-78(113)91(125)106-75(55-114)89(123)108-84(59(4)5)97(131)110(7)80(50-61-27-16-12-17-28-61)92(126)105-74(49-64-38-42-67(116)43-39-64)94(128)112-44-23-22-34-77(112)90(124)104-72(52-65-53-99-69-32-21-20-31-68(65)69)88(122)103-71(47-63-36-40-66(115)41-37-63)87(121)102-70(46-58(2)3)86(120)107-76(85(119)100-54-82(98)117)56-132-57-83(118)101-73(48-60-25-14-11-15-26-60)93(127)111(8)81(95(129)109(79)6)51-62-29-18-13-19-30-62/h11-21,25-32,36-43,53,58-59,70-81,84,99,114-116H,9-10,22-24,33-35,44-52,54-57H2,1-8H3,(H2,98,117)(H,100,119)(H,101,118)(H,102,121)(H,103,122)(H,104,124)(H,105,126)(H,106,125)(H,107,120)(H,108,123)/t70-,71-,72-,73-,74-,75-,76-,77+,78+,79-,80?,81-,84-/m0/s1. The molecular formula is C97H124N16O18S. The average Bonchev–Trinajstić information content (AvgIpc) is 0.950. The highest BCUT2D eigenvalue weighted by atomic mass is 32.2. The van der Waals surface area contributed by atoms with Gasteiger partial charge in [-0.15, -0.1) is 11.8 Å². The number of hydrogen-bond donors (Lipinski definition) is 14. The molecule has 3 aliphatic heterocycles. The average molecular weight is 1830 g/mol. The number of unbranched alkanes of at least 4 members (excludes halogenated alkanes) is 1. The number of piperidine rings is 1. The van der Waals surface area contributed by atoms with Gasteiger partial charge in [0.2, 0.25) is 88.6 Å². The molecule has 35 heteroatoms. The van der Waals surface area contributed by atoms with E-state index in [0.29, 0.717) is 76.4 Å². The Bertz CT molecular complexity index is 5170. The van der Waals surface area contributed by atoms with Crippen LogP contribution in [0.3, 0.4) is 0 Å². The van der Waals surface area contributed by atoms with E-state index in [0.717, 1.165) is 16.7 Å². The topological polar surface area (TPSA) is 483 Å². The summed E-state index contributed by atoms with van der Waals surface area (Å²) in [6.45, 7) is 7.03. The van der Waals surface area contributed by atoms with E-state index in [1.165, 1.54) is 77.1 Å². The molecule has 15 N–H and O–H groups in total. The Kier molecular flexibility index (Phi) is 37.2. The number of primary amides is 1. The summed E-state index contributed by atoms with van der Waals surface area (Å²) in [4.78, 5) is 236. The monoisotopic (exact) mass is 1830 g/mol. The van der Waals surface area contributed by atoms with Crippen LogP contribution in [0.2, 0.25) is 0 Å². The van der Waals surface area contributed by atoms with Crippen LogP contribution in [0.4, 0.5) is 0 Å². The Hall–Kier alpha value is -13.2. The smallest absolute Gasteiger partial charge is 0.246 e. The second kappa shape index (κ2) is 48.6. The number of nitrogens with zero attached hydrogens (tertiary/aromatic N) is 5. The first-order valence-electron chi connectivity index (χ1n) is 45.0. The highest BCUT2D eigenvalue weighted by Gasteiger charge is 2.46. The molecule has 132 heavy (non-hydrogen) atoms. The molecular weight excluding hydrogens is 1710 g/mol. The Morgan fingerprint density at radius 2 is 0.924 bits per heavy atom. The van der Waals surface area contributed by atoms with Crippen LogP contribution in [-0.4, -0.2) is 271 Å². The van der Waals surface area contributed by atoms with Crippen LogP contribution < -0.4 is 53.6 Å². The number of likely N-dealkylation sites (N-methyl/N-ethyl adjacent to an activating group) is 3. The fourth-order valence-corrected chi connectivity index (χ4v) is 17.7. The first-order valence-corrected chi connectivity index (χ1v) is 46.2. The lowest BCUT2D eigenvalue weighted by atomic mass is 9.96. The first-order chi connectivity index (χ1) is 63.2. The zero-order chi connectivity index (χ0) is 95.4. The van der Waals surface area contributed by atoms with Crippen molar-refractivity contribution >= 4 is 111 Å². The highest BCUT2D eigenvalue weighted by molar-refractivity contribution is 8.00. The van der Waals surface area contributed by atoms with Gasteiger partial charge in [-0.25, -0.2) is 0 Å². The Morgan fingerprint density at radius 3 is 1.49 bits per heavy atom. The molecule has 1 aromatic heterocycles. The predicted molar refractivity (Wildman–Crippen MR) is 496 cm³/mol. The number of nitrogens with two attached hydrogens (primary N) is 1. The number of carbonyl (C=O) groups is 15. The van der Waals surface area contributed by atoms with E-state index >= 15 is 47.9 Å². The quantitative estimate of drug-likeness (QED) is 0.0463. The number of phenolic OH excluding ortho intramolecular Hbond substituents is 2. The summed E-state index contributed by atoms with van der Waals surface area (Å²) in [6, 6.07) is 26.2. The van der Waals surface area contributed by atoms with Gasteiger partial charge in [-0.2, -0.15) is 0 Å². The Balaban J connectivity index is 1.04. The molecule has 10 rings (SSSR count). The SMILES string of the molecule is CCCC[C@H]1C(=O)N2CCC[C@@H]2C(=O)N[C@@H](CO)C(=O)N[C@@H](C(C)C)C(=O)N(C)C(Cc2ccccc2)C(=O)N[C@@H](Cc2ccc(O)cc2)C(=O)N2CCCC[C@@H]2C(=O)N[C@@H](Cc2c[nH]c3ccccc23)C(=O)N[C@@H](Cc2ccc(O)cc2)C(=O)N[C@@H](CC(C)C)C(=O)N[C@H](C(=O)NCC(N)=O)CSCC(=O)N[C@@H](Cc2ccccc2)C(=O)N(C)[C@@H](Cc2ccccc2)C(=O)N1C. The van der Waals surface area contributed by atoms with Gasteiger partial charge in [-0.3, -0.25) is 71.9 Å². The van der Waals surface area contributed by atoms with Gasteiger partial charge >= 0.3 is 0 Å². The number of H-pyrrole nitrogens is 1. The van der Waals surface area contributed by atoms with Gasteiger partial charge in [0.15, 0.2) is 0 Å². The Morgan fingerprint density at radius 1 is 0.462 bits per heavy atom. The van der Waals surface area contributed by atoms with Crippen LogP contribution in [0.25, 0.3) is 10.9 Å². The van der Waals surface area contributed by atoms with Gasteiger partial charge in [0.25, 0.3) is 0 Å². The van der Waals surface area contributed by atoms with Crippen molar-refractivity contribution < 1.29 is 87.2 Å². The number of para-hydroxylation sites is 1. The molecule has 0 spiro atoms. The first kappa shape index (κ1) is 101. The van der Waals surface area contributed by atoms with Crippen LogP contribution >= 0.6 is 11.8 Å². The van der Waals surface area contributed by atoms with Crippen molar-refractivity contribution in [3.05, 3.63) is 203 Å². The van der Waals surface area contributed by atoms with E-state index in [2.05, 4.69) is 52.8 Å². The molecule has 6 aromatic carbocycles. The minimum Gasteiger partial charge on any atom is -0.508 e. The molecule has 1 unspecified atom stereocenters. The number of nitrogens with one attached hydrogen (secondary N) is 10. The van der Waals surface area contributed by atoms with E-state index in [9.17, 15) is 39.3 Å². The minimum atomic E-state index is -1.73. The normalized spacial score (nSPS) is 23.8. The highest BCUT2D eigenvalue weighted by Crippen LogP contribution is 2.29. The number of amides is 15. The van der Waals surface area contributed by atoms with E-state index in [4.69, 9.17) is 5.73 Å². The Labute approximate surface area is 772 Å². The number of phenols is 2. The minimum absolute atomic E-state index is 0.0340. The lowest BCUT2D eigenvalue weighted by Crippen LogP contribution is -2.63. The van der Waals surface area contributed by atoms with Crippen molar-refractivity contribution in [3.63, 3.8) is 0 Å². The van der Waals surface area contributed by atoms with Crippen molar-refractivity contribution in [2.75, 3.05) is 58.9 Å². The number of aliphatic hydroxyl groups excluding tert-OH is 1. The summed E-state index contributed by atoms with van der Waals surface area (Å²) in [5.74, 6) is -14.6. The number of fused-ring (bicyclic) bond motifs is 3. The summed E-state index contributed by atoms with van der Waals surface area (Å²) in [7, 11) is 4.20. The number of thioether (sulfide) groups is 1. The molecule has 13 atom stereocenters. The number of aliphatic hydroxyl groups is 1. The van der Waals surface area contributed by atoms with E-state index < -0.39 is 192 Å². The molecule has 15 amide bonds. The molecule has 34 nitrogen and oxygen atoms in total. The van der Waals surface area contributed by atoms with E-state index in [-0.39, 0.29) is 100 Å². The number of aromatic hydroxyl groups is 2. The molecule has 0 aliphatic carbocycles. The van der Waals surface area contributed by atoms with Crippen molar-refractivity contribution in [2.45, 2.75) is 209 Å². The number of benzene rings is 6. The summed E-state index contributed by atoms with van der Waals surface area (Å²) in [5.41, 5.74) is 9.38. The third-order valence-corrected chi connectivity index (χ3v) is 25.3. The van der Waals surface area contributed by atoms with Gasteiger partial charge < -0.3 is 98.4 Å². The number of carbonyl (C=O) groups excluding carboxylic acids is 15. The fraction of sp³-hybridized carbons (Fsp3) is 0.454. The summed E-state index contributed by atoms with van der Waals surface area (Å²) in [6.07, 6.45) is 2.81. The lowest BCUT2D eigenvalue weighted by molar-refractivity contribution is -0.152. The number of hydrogen-bond acceptors (Lipinski definition) is 19. The van der Waals surface area contributed by atoms with Gasteiger partial charge in [0.1, 0.15) is 90.0 Å². The lowest BCUT2D eigenvalue weighted by Gasteiger charge is -2.38. The number of rotatable bonds is 22. The molecule has 3 fully saturated rings. The van der Waals surface area contributed by atoms with Crippen molar-refractivity contribution in [1.82, 2.24) is 77.3 Å². The predicted octanol–water partition coefficient (Wildman–Crippen LogP) is 3.30. The molecule has 7 aromatic rings. The second-order valence-corrected chi connectivity index (χ2v) is 35.9. The van der Waals surface area contributed by atoms with Crippen molar-refractivity contribution in [2.24, 2.45) is 17.6 Å². The maximum atomic E-state index is 15.9. The molecule has 3 aliphatic rings. The largest absolute Gasteiger partial charge is 0.508 e. The van der Waals surface area contributed by atoms with Crippen LogP contribution in [0.15, 0.2) is 170 Å². The van der Waals surface area contributed by atoms with E-state index in [1.807, 2.05) is 13.0 Å². The third-order valence-electron chi connectivity index (χ3n) is 24.2. The molecule has 706 valence electrons. The van der Waals surface area contributed by atoms with Crippen LogP contribution in [0.5, 0.6) is 11.5 Å². The third kappa shape index (κ3) is 27.9. The van der Waals surface area contributed by atoms with Gasteiger partial charge in [-0.1, -0.05) is 181 Å². The van der Waals surface area contributed by atoms with E-state index in [1.54, 1.807) is 155 Å². The fourth-order valence-electron chi connectivity index (χ4n) is 16.9. The molecule has 0 saturated carbocycles. The molecule has 0 bridgehead atoms. The zero-order valence-corrected chi connectivity index (χ0v) is 76.7. The van der Waals surface area contributed by atoms with Crippen molar-refractivity contribution in [3.8, 4) is 11.5 Å². The zero-order valence-electron chi connectivity index (χ0n) is 75.9.